The monoisotopic (exact) mass is 862 g/mol. The van der Waals surface area contributed by atoms with Crippen molar-refractivity contribution in [2.75, 3.05) is 19.6 Å². The highest BCUT2D eigenvalue weighted by Gasteiger charge is 2.38. The number of pyridine rings is 2. The zero-order chi connectivity index (χ0) is 44.9. The molecule has 67 heavy (non-hydrogen) atoms. The maximum atomic E-state index is 4.28. The van der Waals surface area contributed by atoms with Gasteiger partial charge < -0.3 is 19.6 Å². The van der Waals surface area contributed by atoms with Crippen molar-refractivity contribution in [1.82, 2.24) is 9.97 Å². The molecular formula is C61H46N6. The second kappa shape index (κ2) is 16.4. The molecule has 0 unspecified atom stereocenters. The first-order valence-electron chi connectivity index (χ1n) is 22.8. The summed E-state index contributed by atoms with van der Waals surface area (Å²) in [4.78, 5) is 18.2. The van der Waals surface area contributed by atoms with E-state index in [0.717, 1.165) is 79.1 Å². The lowest BCUT2D eigenvalue weighted by molar-refractivity contribution is 0.632. The number of hydrogen-bond acceptors (Lipinski definition) is 6. The summed E-state index contributed by atoms with van der Waals surface area (Å²) in [5, 5.41) is 0. The van der Waals surface area contributed by atoms with E-state index in [1.165, 1.54) is 22.5 Å². The summed E-state index contributed by atoms with van der Waals surface area (Å²) in [6.45, 7) is 4.69. The van der Waals surface area contributed by atoms with Gasteiger partial charge in [-0.3, -0.25) is 9.97 Å². The summed E-state index contributed by atoms with van der Waals surface area (Å²) in [5.41, 5.74) is 19.8. The molecule has 0 N–H and O–H groups in total. The molecule has 6 heteroatoms. The molecule has 0 bridgehead atoms. The van der Waals surface area contributed by atoms with Crippen LogP contribution >= 0.6 is 0 Å². The number of nitrogens with zero attached hydrogens (tertiary/aromatic N) is 6. The molecule has 4 heterocycles. The van der Waals surface area contributed by atoms with Crippen molar-refractivity contribution < 1.29 is 0 Å². The lowest BCUT2D eigenvalue weighted by Crippen LogP contribution is -2.30. The number of benzene rings is 8. The van der Waals surface area contributed by atoms with E-state index >= 15 is 0 Å². The average molecular weight is 863 g/mol. The van der Waals surface area contributed by atoms with E-state index in [9.17, 15) is 0 Å². The molecule has 0 saturated heterocycles. The van der Waals surface area contributed by atoms with Crippen LogP contribution in [0.15, 0.2) is 243 Å². The Balaban J connectivity index is 1.12. The van der Waals surface area contributed by atoms with Gasteiger partial charge >= 0.3 is 0 Å². The summed E-state index contributed by atoms with van der Waals surface area (Å²) in [6.07, 6.45) is 7.39. The van der Waals surface area contributed by atoms with Crippen molar-refractivity contribution in [1.29, 1.82) is 0 Å². The van der Waals surface area contributed by atoms with Gasteiger partial charge in [0.1, 0.15) is 0 Å². The Morgan fingerprint density at radius 3 is 1.09 bits per heavy atom. The molecule has 0 aliphatic carbocycles. The van der Waals surface area contributed by atoms with Crippen LogP contribution in [0.2, 0.25) is 0 Å². The fourth-order valence-corrected chi connectivity index (χ4v) is 10.1. The fraction of sp³-hybridized carbons (Fsp3) is 0.0492. The normalized spacial score (nSPS) is 13.3. The van der Waals surface area contributed by atoms with E-state index in [1.54, 1.807) is 0 Å². The Bertz CT molecular complexity index is 3210. The van der Waals surface area contributed by atoms with E-state index in [0.29, 0.717) is 0 Å². The van der Waals surface area contributed by atoms with Gasteiger partial charge in [0.2, 0.25) is 0 Å². The van der Waals surface area contributed by atoms with E-state index in [-0.39, 0.29) is 5.41 Å². The molecule has 12 rings (SSSR count). The maximum absolute atomic E-state index is 4.28. The second-order valence-corrected chi connectivity index (χ2v) is 17.6. The van der Waals surface area contributed by atoms with E-state index in [2.05, 4.69) is 262 Å². The Labute approximate surface area is 392 Å². The summed E-state index contributed by atoms with van der Waals surface area (Å²) in [6, 6.07) is 79.1. The SMILES string of the molecule is CC1(C)c2ccccc2N(c2cc(N(c3ccc(-c4ccncc4)cc3)c3ccc(-c4ccncc4)cc3)cc(N3c4ccccc4N(c4ccccc4)c4ccccc43)c2)c2ccccc21. The molecule has 2 aliphatic rings. The first-order chi connectivity index (χ1) is 33.0. The van der Waals surface area contributed by atoms with Gasteiger partial charge in [-0.25, -0.2) is 0 Å². The van der Waals surface area contributed by atoms with Gasteiger partial charge in [-0.2, -0.15) is 0 Å². The molecule has 6 nitrogen and oxygen atoms in total. The van der Waals surface area contributed by atoms with Crippen molar-refractivity contribution in [3.63, 3.8) is 0 Å². The van der Waals surface area contributed by atoms with Gasteiger partial charge in [0, 0.05) is 47.3 Å². The second-order valence-electron chi connectivity index (χ2n) is 17.6. The molecule has 0 radical (unpaired) electrons. The topological polar surface area (TPSA) is 38.7 Å². The van der Waals surface area contributed by atoms with Crippen molar-refractivity contribution in [2.45, 2.75) is 19.3 Å². The number of rotatable bonds is 8. The Kier molecular flexibility index (Phi) is 9.72. The van der Waals surface area contributed by atoms with Crippen LogP contribution in [-0.4, -0.2) is 9.97 Å². The third-order valence-corrected chi connectivity index (χ3v) is 13.3. The van der Waals surface area contributed by atoms with Crippen LogP contribution in [0.1, 0.15) is 25.0 Å². The smallest absolute Gasteiger partial charge is 0.0703 e. The number of para-hydroxylation sites is 7. The number of anilines is 12. The minimum Gasteiger partial charge on any atom is -0.310 e. The highest BCUT2D eigenvalue weighted by Crippen LogP contribution is 2.57. The summed E-state index contributed by atoms with van der Waals surface area (Å²) >= 11 is 0. The minimum absolute atomic E-state index is 0.213. The summed E-state index contributed by atoms with van der Waals surface area (Å²) in [5.74, 6) is 0. The van der Waals surface area contributed by atoms with Crippen molar-refractivity contribution in [2.24, 2.45) is 0 Å². The molecule has 10 aromatic rings. The molecule has 2 aromatic heterocycles. The molecule has 0 amide bonds. The maximum Gasteiger partial charge on any atom is 0.0703 e. The largest absolute Gasteiger partial charge is 0.310 e. The molecule has 0 atom stereocenters. The summed E-state index contributed by atoms with van der Waals surface area (Å²) < 4.78 is 0. The van der Waals surface area contributed by atoms with Crippen LogP contribution in [0.5, 0.6) is 0 Å². The molecule has 8 aromatic carbocycles. The average Bonchev–Trinajstić information content (AvgIpc) is 3.39. The lowest BCUT2D eigenvalue weighted by Gasteiger charge is -2.43. The minimum atomic E-state index is -0.213. The van der Waals surface area contributed by atoms with Crippen LogP contribution in [0.25, 0.3) is 22.3 Å². The van der Waals surface area contributed by atoms with Crippen LogP contribution in [-0.2, 0) is 5.41 Å². The zero-order valence-corrected chi connectivity index (χ0v) is 37.3. The van der Waals surface area contributed by atoms with Crippen LogP contribution in [0.4, 0.5) is 68.2 Å². The molecule has 0 spiro atoms. The van der Waals surface area contributed by atoms with Crippen LogP contribution in [0, 0.1) is 0 Å². The van der Waals surface area contributed by atoms with E-state index in [1.807, 2.05) is 24.8 Å². The first kappa shape index (κ1) is 39.8. The summed E-state index contributed by atoms with van der Waals surface area (Å²) in [7, 11) is 0. The lowest BCUT2D eigenvalue weighted by atomic mass is 9.73. The third kappa shape index (κ3) is 6.89. The van der Waals surface area contributed by atoms with Gasteiger partial charge in [0.25, 0.3) is 0 Å². The predicted molar refractivity (Wildman–Crippen MR) is 277 cm³/mol. The third-order valence-electron chi connectivity index (χ3n) is 13.3. The van der Waals surface area contributed by atoms with Gasteiger partial charge in [-0.05, 0) is 149 Å². The van der Waals surface area contributed by atoms with Gasteiger partial charge in [-0.1, -0.05) is 117 Å². The molecule has 2 aliphatic heterocycles. The predicted octanol–water partition coefficient (Wildman–Crippen LogP) is 16.6. The molecule has 0 fully saturated rings. The standard InChI is InChI=1S/C61H46N6/c1-61(2)53-16-6-8-18-55(53)66(56-19-9-7-17-54(56)61)51-40-50(41-52(42-51)67-59-22-12-10-20-57(59)65(47-14-4-3-5-15-47)58-21-11-13-23-60(58)67)64(48-28-24-43(25-29-48)45-32-36-62-37-33-45)49-30-26-44(27-31-49)46-34-38-63-39-35-46/h3-42H,1-2H3. The Hall–Kier alpha value is -8.74. The van der Waals surface area contributed by atoms with Gasteiger partial charge in [-0.15, -0.1) is 0 Å². The van der Waals surface area contributed by atoms with Crippen LogP contribution < -0.4 is 19.6 Å². The molecular weight excluding hydrogens is 817 g/mol. The zero-order valence-electron chi connectivity index (χ0n) is 37.3. The van der Waals surface area contributed by atoms with Crippen molar-refractivity contribution in [3.05, 3.63) is 254 Å². The fourth-order valence-electron chi connectivity index (χ4n) is 10.1. The van der Waals surface area contributed by atoms with Gasteiger partial charge in [0.05, 0.1) is 51.2 Å². The van der Waals surface area contributed by atoms with Crippen molar-refractivity contribution >= 4 is 68.2 Å². The Morgan fingerprint density at radius 1 is 0.313 bits per heavy atom. The number of hydrogen-bond donors (Lipinski definition) is 0. The molecule has 320 valence electrons. The van der Waals surface area contributed by atoms with Crippen LogP contribution in [0.3, 0.4) is 0 Å². The highest BCUT2D eigenvalue weighted by molar-refractivity contribution is 6.03. The number of aromatic nitrogens is 2. The first-order valence-corrected chi connectivity index (χ1v) is 22.8. The molecule has 0 saturated carbocycles. The Morgan fingerprint density at radius 2 is 0.657 bits per heavy atom. The van der Waals surface area contributed by atoms with Gasteiger partial charge in [0.15, 0.2) is 0 Å². The number of fused-ring (bicyclic) bond motifs is 4. The highest BCUT2D eigenvalue weighted by atomic mass is 15.3. The van der Waals surface area contributed by atoms with E-state index < -0.39 is 0 Å². The quantitative estimate of drug-likeness (QED) is 0.152. The van der Waals surface area contributed by atoms with Crippen molar-refractivity contribution in [3.8, 4) is 22.3 Å². The van der Waals surface area contributed by atoms with E-state index in [4.69, 9.17) is 0 Å².